The number of carbonyl (C=O) groups excluding carboxylic acids is 1. The summed E-state index contributed by atoms with van der Waals surface area (Å²) < 4.78 is 27.2. The first-order chi connectivity index (χ1) is 13.2. The topological polar surface area (TPSA) is 75.3 Å². The van der Waals surface area contributed by atoms with Gasteiger partial charge in [0.25, 0.3) is 0 Å². The lowest BCUT2D eigenvalue weighted by Gasteiger charge is -2.28. The van der Waals surface area contributed by atoms with Gasteiger partial charge in [-0.05, 0) is 29.3 Å². The van der Waals surface area contributed by atoms with E-state index in [0.29, 0.717) is 22.8 Å². The summed E-state index contributed by atoms with van der Waals surface area (Å²) >= 11 is 0. The number of cyclic esters (lactones) is 1. The van der Waals surface area contributed by atoms with E-state index in [0.717, 1.165) is 28.3 Å². The molecule has 27 heavy (non-hydrogen) atoms. The molecular weight excluding hydrogens is 350 g/mol. The van der Waals surface area contributed by atoms with Crippen LogP contribution in [0.2, 0.25) is 0 Å². The van der Waals surface area contributed by atoms with E-state index in [1.807, 2.05) is 30.3 Å². The molecule has 0 saturated heterocycles. The van der Waals surface area contributed by atoms with Crippen LogP contribution in [-0.4, -0.2) is 33.6 Å². The van der Waals surface area contributed by atoms with Gasteiger partial charge < -0.3 is 29.0 Å². The van der Waals surface area contributed by atoms with Gasteiger partial charge in [-0.1, -0.05) is 6.07 Å². The average molecular weight is 367 g/mol. The third kappa shape index (κ3) is 2.31. The minimum atomic E-state index is -0.319. The highest BCUT2D eigenvalue weighted by atomic mass is 16.7. The predicted octanol–water partition coefficient (Wildman–Crippen LogP) is 2.80. The van der Waals surface area contributed by atoms with Crippen molar-refractivity contribution in [3.05, 3.63) is 52.7 Å². The summed E-state index contributed by atoms with van der Waals surface area (Å²) in [5, 5.41) is 3.31. The highest BCUT2D eigenvalue weighted by molar-refractivity contribution is 5.97. The smallest absolute Gasteiger partial charge is 0.337 e. The van der Waals surface area contributed by atoms with Crippen LogP contribution in [-0.2, 0) is 9.53 Å². The Morgan fingerprint density at radius 3 is 2.78 bits per heavy atom. The van der Waals surface area contributed by atoms with E-state index < -0.39 is 0 Å². The second-order valence-electron chi connectivity index (χ2n) is 6.44. The summed E-state index contributed by atoms with van der Waals surface area (Å²) in [7, 11) is 3.20. The van der Waals surface area contributed by atoms with Crippen LogP contribution in [0.1, 0.15) is 17.0 Å². The third-order valence-corrected chi connectivity index (χ3v) is 5.05. The molecule has 0 saturated carbocycles. The minimum Gasteiger partial charge on any atom is -0.497 e. The Balaban J connectivity index is 1.72. The van der Waals surface area contributed by atoms with Crippen LogP contribution < -0.4 is 24.3 Å². The molecule has 0 unspecified atom stereocenters. The molecule has 0 radical (unpaired) electrons. The lowest BCUT2D eigenvalue weighted by Crippen LogP contribution is -2.20. The number of esters is 1. The summed E-state index contributed by atoms with van der Waals surface area (Å²) in [6, 6.07) is 9.53. The maximum absolute atomic E-state index is 12.5. The molecule has 0 bridgehead atoms. The van der Waals surface area contributed by atoms with Crippen LogP contribution in [0, 0.1) is 0 Å². The average Bonchev–Trinajstić information content (AvgIpc) is 3.31. The fraction of sp³-hybridized carbons (Fsp3) is 0.250. The van der Waals surface area contributed by atoms with Gasteiger partial charge in [0.2, 0.25) is 12.5 Å². The SMILES string of the molecule is COc1ccc2c(c1)NC1=C(C(=O)OC1)[C@@H]2c1cc(OC)c2c(c1)OCO2. The van der Waals surface area contributed by atoms with Gasteiger partial charge in [0, 0.05) is 17.7 Å². The van der Waals surface area contributed by atoms with Crippen LogP contribution in [0.5, 0.6) is 23.0 Å². The molecule has 138 valence electrons. The number of ether oxygens (including phenoxy) is 5. The highest BCUT2D eigenvalue weighted by Crippen LogP contribution is 2.49. The first-order valence-corrected chi connectivity index (χ1v) is 8.52. The quantitative estimate of drug-likeness (QED) is 0.836. The van der Waals surface area contributed by atoms with Crippen molar-refractivity contribution < 1.29 is 28.5 Å². The molecule has 7 heteroatoms. The second-order valence-corrected chi connectivity index (χ2v) is 6.44. The van der Waals surface area contributed by atoms with Crippen molar-refractivity contribution in [2.45, 2.75) is 5.92 Å². The molecule has 2 aromatic carbocycles. The van der Waals surface area contributed by atoms with Crippen molar-refractivity contribution in [1.82, 2.24) is 0 Å². The fourth-order valence-corrected chi connectivity index (χ4v) is 3.82. The number of carbonyl (C=O) groups is 1. The molecule has 0 aromatic heterocycles. The molecule has 0 spiro atoms. The van der Waals surface area contributed by atoms with Crippen molar-refractivity contribution in [3.8, 4) is 23.0 Å². The van der Waals surface area contributed by atoms with Crippen molar-refractivity contribution in [3.63, 3.8) is 0 Å². The zero-order valence-electron chi connectivity index (χ0n) is 14.8. The summed E-state index contributed by atoms with van der Waals surface area (Å²) in [5.74, 6) is 1.86. The van der Waals surface area contributed by atoms with Crippen LogP contribution in [0.3, 0.4) is 0 Å². The van der Waals surface area contributed by atoms with Crippen LogP contribution in [0.15, 0.2) is 41.6 Å². The van der Waals surface area contributed by atoms with E-state index in [4.69, 9.17) is 23.7 Å². The molecule has 3 heterocycles. The zero-order chi connectivity index (χ0) is 18.5. The summed E-state index contributed by atoms with van der Waals surface area (Å²) in [4.78, 5) is 12.5. The number of hydrogen-bond donors (Lipinski definition) is 1. The molecule has 0 aliphatic carbocycles. The Hall–Kier alpha value is -3.35. The van der Waals surface area contributed by atoms with Crippen molar-refractivity contribution in [2.75, 3.05) is 32.9 Å². The number of anilines is 1. The summed E-state index contributed by atoms with van der Waals surface area (Å²) in [5.41, 5.74) is 4.08. The van der Waals surface area contributed by atoms with Gasteiger partial charge in [0.05, 0.1) is 25.5 Å². The lowest BCUT2D eigenvalue weighted by atomic mass is 9.81. The molecule has 3 aliphatic heterocycles. The van der Waals surface area contributed by atoms with Crippen LogP contribution in [0.4, 0.5) is 5.69 Å². The Morgan fingerprint density at radius 1 is 1.07 bits per heavy atom. The number of benzene rings is 2. The van der Waals surface area contributed by atoms with Gasteiger partial charge in [-0.3, -0.25) is 0 Å². The summed E-state index contributed by atoms with van der Waals surface area (Å²) in [6.45, 7) is 0.369. The Morgan fingerprint density at radius 2 is 1.96 bits per heavy atom. The van der Waals surface area contributed by atoms with Gasteiger partial charge >= 0.3 is 5.97 Å². The first-order valence-electron chi connectivity index (χ1n) is 8.52. The number of rotatable bonds is 3. The van der Waals surface area contributed by atoms with Crippen LogP contribution >= 0.6 is 0 Å². The molecule has 2 aromatic rings. The second kappa shape index (κ2) is 5.84. The molecular formula is C20H17NO6. The Kier molecular flexibility index (Phi) is 3.43. The van der Waals surface area contributed by atoms with Gasteiger partial charge in [-0.15, -0.1) is 0 Å². The van der Waals surface area contributed by atoms with Gasteiger partial charge in [0.1, 0.15) is 12.4 Å². The minimum absolute atomic E-state index is 0.144. The standard InChI is InChI=1S/C20H17NO6/c1-23-11-3-4-12-13(7-11)21-14-8-25-20(22)18(14)17(12)10-5-15(24-2)19-16(6-10)26-9-27-19/h3-7,17,21H,8-9H2,1-2H3/t17-/m1/s1. The number of hydrogen-bond acceptors (Lipinski definition) is 7. The fourth-order valence-electron chi connectivity index (χ4n) is 3.82. The number of methoxy groups -OCH3 is 2. The van der Waals surface area contributed by atoms with E-state index >= 15 is 0 Å². The largest absolute Gasteiger partial charge is 0.497 e. The number of nitrogens with one attached hydrogen (secondary N) is 1. The summed E-state index contributed by atoms with van der Waals surface area (Å²) in [6.07, 6.45) is 0. The lowest BCUT2D eigenvalue weighted by molar-refractivity contribution is -0.136. The first kappa shape index (κ1) is 15.9. The molecule has 0 fully saturated rings. The monoisotopic (exact) mass is 367 g/mol. The van der Waals surface area contributed by atoms with E-state index in [1.165, 1.54) is 0 Å². The molecule has 0 amide bonds. The van der Waals surface area contributed by atoms with Crippen molar-refractivity contribution in [2.24, 2.45) is 0 Å². The van der Waals surface area contributed by atoms with E-state index in [2.05, 4.69) is 5.32 Å². The van der Waals surface area contributed by atoms with Gasteiger partial charge in [-0.25, -0.2) is 4.79 Å². The number of fused-ring (bicyclic) bond motifs is 2. The molecule has 1 N–H and O–H groups in total. The van der Waals surface area contributed by atoms with Crippen LogP contribution in [0.25, 0.3) is 0 Å². The normalized spacial score (nSPS) is 19.2. The Bertz CT molecular complexity index is 996. The molecule has 5 rings (SSSR count). The van der Waals surface area contributed by atoms with E-state index in [1.54, 1.807) is 14.2 Å². The highest BCUT2D eigenvalue weighted by Gasteiger charge is 2.39. The van der Waals surface area contributed by atoms with Gasteiger partial charge in [0.15, 0.2) is 11.5 Å². The molecule has 7 nitrogen and oxygen atoms in total. The zero-order valence-corrected chi connectivity index (χ0v) is 14.8. The molecule has 1 atom stereocenters. The molecule has 3 aliphatic rings. The maximum atomic E-state index is 12.5. The Labute approximate surface area is 155 Å². The van der Waals surface area contributed by atoms with E-state index in [9.17, 15) is 4.79 Å². The third-order valence-electron chi connectivity index (χ3n) is 5.05. The predicted molar refractivity (Wildman–Crippen MR) is 95.6 cm³/mol. The van der Waals surface area contributed by atoms with E-state index in [-0.39, 0.29) is 25.3 Å². The van der Waals surface area contributed by atoms with Gasteiger partial charge in [-0.2, -0.15) is 0 Å². The van der Waals surface area contributed by atoms with Crippen molar-refractivity contribution in [1.29, 1.82) is 0 Å². The van der Waals surface area contributed by atoms with Crippen molar-refractivity contribution >= 4 is 11.7 Å². The maximum Gasteiger partial charge on any atom is 0.337 e.